The molecule has 4 bridgehead atoms. The maximum Gasteiger partial charge on any atom is 0.312 e. The molecule has 1 aromatic rings. The molecule has 1 heterocycles. The zero-order valence-electron chi connectivity index (χ0n) is 9.35. The lowest BCUT2D eigenvalue weighted by molar-refractivity contribution is -0.111. The van der Waals surface area contributed by atoms with Crippen LogP contribution in [0.2, 0.25) is 0 Å². The highest BCUT2D eigenvalue weighted by molar-refractivity contribution is 5.06. The lowest BCUT2D eigenvalue weighted by Gasteiger charge is -2.55. The van der Waals surface area contributed by atoms with Crippen LogP contribution in [0.15, 0.2) is 6.33 Å². The van der Waals surface area contributed by atoms with E-state index >= 15 is 0 Å². The van der Waals surface area contributed by atoms with Gasteiger partial charge in [0.25, 0.3) is 0 Å². The van der Waals surface area contributed by atoms with Crippen LogP contribution in [0, 0.1) is 17.8 Å². The SMILES string of the molecule is c1n[nH]c(OC23CC4CC(CC(C4)C2)C3)n1. The Balaban J connectivity index is 1.62. The van der Waals surface area contributed by atoms with Crippen molar-refractivity contribution in [2.45, 2.75) is 44.1 Å². The van der Waals surface area contributed by atoms with Crippen LogP contribution in [0.3, 0.4) is 0 Å². The van der Waals surface area contributed by atoms with E-state index in [0.29, 0.717) is 6.01 Å². The molecule has 4 aliphatic carbocycles. The summed E-state index contributed by atoms with van der Waals surface area (Å²) in [6.45, 7) is 0. The summed E-state index contributed by atoms with van der Waals surface area (Å²) in [4.78, 5) is 4.10. The Bertz CT molecular complexity index is 352. The molecule has 4 fully saturated rings. The second-order valence-corrected chi connectivity index (χ2v) is 5.99. The lowest BCUT2D eigenvalue weighted by Crippen LogP contribution is -2.53. The van der Waals surface area contributed by atoms with Gasteiger partial charge in [0.15, 0.2) is 0 Å². The molecule has 1 N–H and O–H groups in total. The van der Waals surface area contributed by atoms with Crippen molar-refractivity contribution in [3.05, 3.63) is 6.33 Å². The number of nitrogens with one attached hydrogen (secondary N) is 1. The van der Waals surface area contributed by atoms with Gasteiger partial charge in [0.2, 0.25) is 0 Å². The van der Waals surface area contributed by atoms with E-state index < -0.39 is 0 Å². The summed E-state index contributed by atoms with van der Waals surface area (Å²) in [5, 5.41) is 6.69. The molecule has 0 aliphatic heterocycles. The topological polar surface area (TPSA) is 50.8 Å². The molecule has 86 valence electrons. The zero-order valence-corrected chi connectivity index (χ0v) is 9.35. The molecule has 0 atom stereocenters. The van der Waals surface area contributed by atoms with Crippen LogP contribution >= 0.6 is 0 Å². The van der Waals surface area contributed by atoms with E-state index in [1.807, 2.05) is 0 Å². The number of ether oxygens (including phenoxy) is 1. The number of nitrogens with zero attached hydrogens (tertiary/aromatic N) is 2. The van der Waals surface area contributed by atoms with Gasteiger partial charge >= 0.3 is 6.01 Å². The third kappa shape index (κ3) is 1.28. The van der Waals surface area contributed by atoms with E-state index in [1.165, 1.54) is 44.9 Å². The van der Waals surface area contributed by atoms with Crippen molar-refractivity contribution < 1.29 is 4.74 Å². The van der Waals surface area contributed by atoms with E-state index in [-0.39, 0.29) is 5.60 Å². The third-order valence-electron chi connectivity index (χ3n) is 4.69. The second kappa shape index (κ2) is 2.99. The van der Waals surface area contributed by atoms with Gasteiger partial charge < -0.3 is 4.74 Å². The largest absolute Gasteiger partial charge is 0.457 e. The fraction of sp³-hybridized carbons (Fsp3) is 0.833. The van der Waals surface area contributed by atoms with Gasteiger partial charge in [-0.3, -0.25) is 0 Å². The molecule has 0 spiro atoms. The van der Waals surface area contributed by atoms with Crippen molar-refractivity contribution in [2.24, 2.45) is 17.8 Å². The predicted molar refractivity (Wildman–Crippen MR) is 57.9 cm³/mol. The lowest BCUT2D eigenvalue weighted by atomic mass is 9.54. The molecule has 0 radical (unpaired) electrons. The van der Waals surface area contributed by atoms with Crippen LogP contribution in [0.5, 0.6) is 6.01 Å². The number of rotatable bonds is 2. The summed E-state index contributed by atoms with van der Waals surface area (Å²) >= 11 is 0. The molecule has 4 saturated carbocycles. The minimum atomic E-state index is 0.0916. The molecule has 4 heteroatoms. The Hall–Kier alpha value is -1.06. The first-order chi connectivity index (χ1) is 7.81. The molecule has 4 aliphatic rings. The van der Waals surface area contributed by atoms with Crippen LogP contribution in [-0.2, 0) is 0 Å². The van der Waals surface area contributed by atoms with Crippen LogP contribution in [0.25, 0.3) is 0 Å². The first-order valence-corrected chi connectivity index (χ1v) is 6.36. The van der Waals surface area contributed by atoms with Crippen LogP contribution in [0.1, 0.15) is 38.5 Å². The average molecular weight is 219 g/mol. The summed E-state index contributed by atoms with van der Waals surface area (Å²) in [6.07, 6.45) is 9.56. The van der Waals surface area contributed by atoms with Crippen LogP contribution in [0.4, 0.5) is 0 Å². The van der Waals surface area contributed by atoms with Crippen molar-refractivity contribution in [3.8, 4) is 6.01 Å². The average Bonchev–Trinajstić information content (AvgIpc) is 2.66. The van der Waals surface area contributed by atoms with Gasteiger partial charge in [-0.15, -0.1) is 0 Å². The van der Waals surface area contributed by atoms with Gasteiger partial charge in [0.05, 0.1) is 0 Å². The molecule has 0 unspecified atom stereocenters. The van der Waals surface area contributed by atoms with E-state index in [1.54, 1.807) is 0 Å². The normalized spacial score (nSPS) is 44.9. The van der Waals surface area contributed by atoms with Gasteiger partial charge in [-0.25, -0.2) is 5.10 Å². The minimum Gasteiger partial charge on any atom is -0.457 e. The fourth-order valence-corrected chi connectivity index (χ4v) is 4.60. The quantitative estimate of drug-likeness (QED) is 0.829. The summed E-state index contributed by atoms with van der Waals surface area (Å²) in [6, 6.07) is 0.613. The monoisotopic (exact) mass is 219 g/mol. The van der Waals surface area contributed by atoms with Crippen molar-refractivity contribution in [3.63, 3.8) is 0 Å². The molecular formula is C12H17N3O. The number of H-pyrrole nitrogens is 1. The van der Waals surface area contributed by atoms with Crippen molar-refractivity contribution in [2.75, 3.05) is 0 Å². The van der Waals surface area contributed by atoms with Crippen LogP contribution in [-0.4, -0.2) is 20.8 Å². The Morgan fingerprint density at radius 2 is 1.75 bits per heavy atom. The van der Waals surface area contributed by atoms with E-state index in [2.05, 4.69) is 15.2 Å². The maximum atomic E-state index is 6.13. The molecule has 0 aromatic carbocycles. The smallest absolute Gasteiger partial charge is 0.312 e. The highest BCUT2D eigenvalue weighted by Gasteiger charge is 2.52. The Morgan fingerprint density at radius 3 is 2.25 bits per heavy atom. The second-order valence-electron chi connectivity index (χ2n) is 5.99. The summed E-state index contributed by atoms with van der Waals surface area (Å²) < 4.78 is 6.13. The maximum absolute atomic E-state index is 6.13. The molecule has 1 aromatic heterocycles. The van der Waals surface area contributed by atoms with Crippen molar-refractivity contribution in [1.82, 2.24) is 15.2 Å². The molecular weight excluding hydrogens is 202 g/mol. The van der Waals surface area contributed by atoms with Crippen molar-refractivity contribution >= 4 is 0 Å². The predicted octanol–water partition coefficient (Wildman–Crippen LogP) is 2.15. The number of hydrogen-bond acceptors (Lipinski definition) is 3. The van der Waals surface area contributed by atoms with Gasteiger partial charge in [-0.1, -0.05) is 0 Å². The van der Waals surface area contributed by atoms with E-state index in [0.717, 1.165) is 17.8 Å². The molecule has 4 nitrogen and oxygen atoms in total. The number of hydrogen-bond donors (Lipinski definition) is 1. The van der Waals surface area contributed by atoms with Crippen LogP contribution < -0.4 is 4.74 Å². The highest BCUT2D eigenvalue weighted by Crippen LogP contribution is 2.56. The summed E-state index contributed by atoms with van der Waals surface area (Å²) in [7, 11) is 0. The summed E-state index contributed by atoms with van der Waals surface area (Å²) in [5.74, 6) is 2.73. The molecule has 16 heavy (non-hydrogen) atoms. The zero-order chi connectivity index (χ0) is 10.6. The van der Waals surface area contributed by atoms with Crippen molar-refractivity contribution in [1.29, 1.82) is 0 Å². The number of aromatic nitrogens is 3. The standard InChI is InChI=1S/C12H17N3O/c1-8-2-10-3-9(1)5-12(4-8,6-10)16-11-13-7-14-15-11/h7-10H,1-6H2,(H,13,14,15). The third-order valence-corrected chi connectivity index (χ3v) is 4.69. The molecule has 0 saturated heterocycles. The van der Waals surface area contributed by atoms with Gasteiger partial charge in [0, 0.05) is 0 Å². The first kappa shape index (κ1) is 9.02. The molecule has 0 amide bonds. The van der Waals surface area contributed by atoms with E-state index in [4.69, 9.17) is 4.74 Å². The first-order valence-electron chi connectivity index (χ1n) is 6.36. The van der Waals surface area contributed by atoms with Gasteiger partial charge in [-0.05, 0) is 56.3 Å². The Morgan fingerprint density at radius 1 is 1.12 bits per heavy atom. The Kier molecular flexibility index (Phi) is 1.69. The van der Waals surface area contributed by atoms with E-state index in [9.17, 15) is 0 Å². The highest BCUT2D eigenvalue weighted by atomic mass is 16.5. The number of aromatic amines is 1. The van der Waals surface area contributed by atoms with Gasteiger partial charge in [0.1, 0.15) is 11.9 Å². The molecule has 5 rings (SSSR count). The minimum absolute atomic E-state index is 0.0916. The van der Waals surface area contributed by atoms with Gasteiger partial charge in [-0.2, -0.15) is 10.1 Å². The summed E-state index contributed by atoms with van der Waals surface area (Å²) in [5.41, 5.74) is 0.0916. The Labute approximate surface area is 94.8 Å². The fourth-order valence-electron chi connectivity index (χ4n) is 4.60.